The SMILES string of the molecule is C[C@@H]1CCCCN1Cc1ccc(NC(=O)c2ccccn2)cc1. The quantitative estimate of drug-likeness (QED) is 0.936. The first-order valence-electron chi connectivity index (χ1n) is 8.28. The van der Waals surface area contributed by atoms with E-state index >= 15 is 0 Å². The van der Waals surface area contributed by atoms with E-state index in [2.05, 4.69) is 34.3 Å². The smallest absolute Gasteiger partial charge is 0.274 e. The Kier molecular flexibility index (Phi) is 5.03. The van der Waals surface area contributed by atoms with Crippen molar-refractivity contribution in [3.8, 4) is 0 Å². The lowest BCUT2D eigenvalue weighted by atomic mass is 10.0. The summed E-state index contributed by atoms with van der Waals surface area (Å²) in [6.07, 6.45) is 5.55. The number of aromatic nitrogens is 1. The average molecular weight is 309 g/mol. The highest BCUT2D eigenvalue weighted by Crippen LogP contribution is 2.20. The zero-order valence-electron chi connectivity index (χ0n) is 13.5. The predicted molar refractivity (Wildman–Crippen MR) is 92.4 cm³/mol. The molecule has 0 unspecified atom stereocenters. The highest BCUT2D eigenvalue weighted by atomic mass is 16.1. The van der Waals surface area contributed by atoms with Gasteiger partial charge in [-0.2, -0.15) is 0 Å². The van der Waals surface area contributed by atoms with Crippen molar-refractivity contribution in [3.05, 3.63) is 59.9 Å². The highest BCUT2D eigenvalue weighted by Gasteiger charge is 2.18. The summed E-state index contributed by atoms with van der Waals surface area (Å²) in [6.45, 7) is 4.47. The van der Waals surface area contributed by atoms with Crippen molar-refractivity contribution in [3.63, 3.8) is 0 Å². The molecule has 1 aliphatic rings. The van der Waals surface area contributed by atoms with Crippen molar-refractivity contribution >= 4 is 11.6 Å². The second-order valence-corrected chi connectivity index (χ2v) is 6.18. The fraction of sp³-hybridized carbons (Fsp3) is 0.368. The van der Waals surface area contributed by atoms with Gasteiger partial charge in [0, 0.05) is 24.5 Å². The zero-order valence-corrected chi connectivity index (χ0v) is 13.5. The van der Waals surface area contributed by atoms with Gasteiger partial charge in [0.2, 0.25) is 0 Å². The molecule has 2 aromatic rings. The Bertz CT molecular complexity index is 639. The first-order chi connectivity index (χ1) is 11.2. The molecule has 1 aromatic carbocycles. The third kappa shape index (κ3) is 4.17. The van der Waals surface area contributed by atoms with Crippen molar-refractivity contribution in [1.29, 1.82) is 0 Å². The lowest BCUT2D eigenvalue weighted by Gasteiger charge is -2.33. The average Bonchev–Trinajstić information content (AvgIpc) is 2.59. The van der Waals surface area contributed by atoms with Gasteiger partial charge in [0.25, 0.3) is 5.91 Å². The van der Waals surface area contributed by atoms with E-state index in [1.165, 1.54) is 31.4 Å². The van der Waals surface area contributed by atoms with Gasteiger partial charge in [-0.05, 0) is 56.1 Å². The molecule has 1 aromatic heterocycles. The van der Waals surface area contributed by atoms with Gasteiger partial charge in [0.15, 0.2) is 0 Å². The molecule has 3 rings (SSSR count). The maximum absolute atomic E-state index is 12.1. The molecule has 1 atom stereocenters. The monoisotopic (exact) mass is 309 g/mol. The van der Waals surface area contributed by atoms with Crippen LogP contribution in [-0.4, -0.2) is 28.4 Å². The van der Waals surface area contributed by atoms with E-state index in [9.17, 15) is 4.79 Å². The van der Waals surface area contributed by atoms with Crippen molar-refractivity contribution in [1.82, 2.24) is 9.88 Å². The molecule has 1 amide bonds. The van der Waals surface area contributed by atoms with E-state index in [0.29, 0.717) is 11.7 Å². The lowest BCUT2D eigenvalue weighted by molar-refractivity contribution is 0.102. The van der Waals surface area contributed by atoms with Crippen LogP contribution >= 0.6 is 0 Å². The van der Waals surface area contributed by atoms with E-state index in [4.69, 9.17) is 0 Å². The summed E-state index contributed by atoms with van der Waals surface area (Å²) in [4.78, 5) is 18.7. The van der Waals surface area contributed by atoms with Gasteiger partial charge < -0.3 is 5.32 Å². The molecule has 4 heteroatoms. The molecule has 0 radical (unpaired) electrons. The van der Waals surface area contributed by atoms with Crippen LogP contribution in [0.3, 0.4) is 0 Å². The normalized spacial score (nSPS) is 18.6. The van der Waals surface area contributed by atoms with Crippen molar-refractivity contribution in [2.45, 2.75) is 38.8 Å². The fourth-order valence-electron chi connectivity index (χ4n) is 3.01. The largest absolute Gasteiger partial charge is 0.321 e. The van der Waals surface area contributed by atoms with Crippen LogP contribution in [0.15, 0.2) is 48.7 Å². The summed E-state index contributed by atoms with van der Waals surface area (Å²) in [5.41, 5.74) is 2.52. The number of hydrogen-bond donors (Lipinski definition) is 1. The van der Waals surface area contributed by atoms with Crippen LogP contribution in [0.5, 0.6) is 0 Å². The Morgan fingerprint density at radius 2 is 2.04 bits per heavy atom. The minimum atomic E-state index is -0.178. The minimum absolute atomic E-state index is 0.178. The minimum Gasteiger partial charge on any atom is -0.321 e. The first kappa shape index (κ1) is 15.7. The molecule has 0 bridgehead atoms. The zero-order chi connectivity index (χ0) is 16.1. The topological polar surface area (TPSA) is 45.2 Å². The van der Waals surface area contributed by atoms with Gasteiger partial charge in [0.05, 0.1) is 0 Å². The number of pyridine rings is 1. The number of benzene rings is 1. The second-order valence-electron chi connectivity index (χ2n) is 6.18. The van der Waals surface area contributed by atoms with E-state index < -0.39 is 0 Å². The number of hydrogen-bond acceptors (Lipinski definition) is 3. The molecule has 0 saturated carbocycles. The molecule has 1 saturated heterocycles. The van der Waals surface area contributed by atoms with E-state index in [1.807, 2.05) is 18.2 Å². The summed E-state index contributed by atoms with van der Waals surface area (Å²) >= 11 is 0. The van der Waals surface area contributed by atoms with Crippen molar-refractivity contribution < 1.29 is 4.79 Å². The molecule has 120 valence electrons. The van der Waals surface area contributed by atoms with Crippen LogP contribution in [0.2, 0.25) is 0 Å². The number of amides is 1. The van der Waals surface area contributed by atoms with Crippen LogP contribution in [0.1, 0.15) is 42.2 Å². The van der Waals surface area contributed by atoms with Gasteiger partial charge in [-0.25, -0.2) is 0 Å². The first-order valence-corrected chi connectivity index (χ1v) is 8.28. The van der Waals surface area contributed by atoms with E-state index in [1.54, 1.807) is 18.3 Å². The Morgan fingerprint density at radius 1 is 1.22 bits per heavy atom. The predicted octanol–water partition coefficient (Wildman–Crippen LogP) is 3.71. The number of piperidine rings is 1. The number of carbonyl (C=O) groups is 1. The molecule has 1 aliphatic heterocycles. The number of likely N-dealkylation sites (tertiary alicyclic amines) is 1. The standard InChI is InChI=1S/C19H23N3O/c1-15-6-3-5-13-22(15)14-16-8-10-17(11-9-16)21-19(23)18-7-2-4-12-20-18/h2,4,7-12,15H,3,5-6,13-14H2,1H3,(H,21,23)/t15-/m1/s1. The van der Waals surface area contributed by atoms with Gasteiger partial charge in [0.1, 0.15) is 5.69 Å². The highest BCUT2D eigenvalue weighted by molar-refractivity contribution is 6.02. The maximum atomic E-state index is 12.1. The third-order valence-electron chi connectivity index (χ3n) is 4.44. The second kappa shape index (κ2) is 7.38. The summed E-state index contributed by atoms with van der Waals surface area (Å²) in [5.74, 6) is -0.178. The maximum Gasteiger partial charge on any atom is 0.274 e. The van der Waals surface area contributed by atoms with Crippen LogP contribution < -0.4 is 5.32 Å². The third-order valence-corrected chi connectivity index (χ3v) is 4.44. The Morgan fingerprint density at radius 3 is 2.74 bits per heavy atom. The molecule has 0 spiro atoms. The molecule has 1 N–H and O–H groups in total. The van der Waals surface area contributed by atoms with E-state index in [0.717, 1.165) is 12.2 Å². The number of nitrogens with one attached hydrogen (secondary N) is 1. The Labute approximate surface area is 137 Å². The Balaban J connectivity index is 1.60. The molecular weight excluding hydrogens is 286 g/mol. The van der Waals surface area contributed by atoms with Gasteiger partial charge >= 0.3 is 0 Å². The molecule has 4 nitrogen and oxygen atoms in total. The molecule has 1 fully saturated rings. The molecule has 0 aliphatic carbocycles. The van der Waals surface area contributed by atoms with Crippen LogP contribution in [-0.2, 0) is 6.54 Å². The molecular formula is C19H23N3O. The van der Waals surface area contributed by atoms with Crippen molar-refractivity contribution in [2.24, 2.45) is 0 Å². The van der Waals surface area contributed by atoms with E-state index in [-0.39, 0.29) is 5.91 Å². The summed E-state index contributed by atoms with van der Waals surface area (Å²) in [6, 6.07) is 14.1. The van der Waals surface area contributed by atoms with Crippen LogP contribution in [0.4, 0.5) is 5.69 Å². The van der Waals surface area contributed by atoms with Gasteiger partial charge in [-0.15, -0.1) is 0 Å². The van der Waals surface area contributed by atoms with Gasteiger partial charge in [-0.3, -0.25) is 14.7 Å². The number of anilines is 1. The molecule has 23 heavy (non-hydrogen) atoms. The molecule has 2 heterocycles. The number of nitrogens with zero attached hydrogens (tertiary/aromatic N) is 2. The van der Waals surface area contributed by atoms with Crippen molar-refractivity contribution in [2.75, 3.05) is 11.9 Å². The number of carbonyl (C=O) groups excluding carboxylic acids is 1. The van der Waals surface area contributed by atoms with Crippen LogP contribution in [0.25, 0.3) is 0 Å². The fourth-order valence-corrected chi connectivity index (χ4v) is 3.01. The lowest BCUT2D eigenvalue weighted by Crippen LogP contribution is -2.36. The van der Waals surface area contributed by atoms with Gasteiger partial charge in [-0.1, -0.05) is 24.6 Å². The summed E-state index contributed by atoms with van der Waals surface area (Å²) in [5, 5.41) is 2.88. The summed E-state index contributed by atoms with van der Waals surface area (Å²) < 4.78 is 0. The van der Waals surface area contributed by atoms with Crippen LogP contribution in [0, 0.1) is 0 Å². The number of rotatable bonds is 4. The Hall–Kier alpha value is -2.20. The summed E-state index contributed by atoms with van der Waals surface area (Å²) in [7, 11) is 0.